The summed E-state index contributed by atoms with van der Waals surface area (Å²) >= 11 is 0. The molecule has 1 aliphatic heterocycles. The molecule has 0 saturated carbocycles. The lowest BCUT2D eigenvalue weighted by atomic mass is 10.2. The molecular formula is C16H20N2O4. The predicted molar refractivity (Wildman–Crippen MR) is 79.4 cm³/mol. The number of nitrogens with one attached hydrogen (secondary N) is 1. The first kappa shape index (κ1) is 14.9. The minimum Gasteiger partial charge on any atom is -0.467 e. The first-order chi connectivity index (χ1) is 10.7. The van der Waals surface area contributed by atoms with Gasteiger partial charge in [-0.25, -0.2) is 0 Å². The van der Waals surface area contributed by atoms with Crippen LogP contribution in [0.25, 0.3) is 0 Å². The lowest BCUT2D eigenvalue weighted by Gasteiger charge is -2.25. The Hall–Kier alpha value is -2.05. The summed E-state index contributed by atoms with van der Waals surface area (Å²) in [7, 11) is 0. The van der Waals surface area contributed by atoms with Crippen molar-refractivity contribution in [2.24, 2.45) is 0 Å². The van der Waals surface area contributed by atoms with E-state index in [1.165, 1.54) is 6.26 Å². The van der Waals surface area contributed by atoms with Crippen molar-refractivity contribution in [2.45, 2.75) is 20.0 Å². The SMILES string of the molecule is Cc1ccc(CNC(=O)c2coc(CN3CCOCC3)c2)o1. The van der Waals surface area contributed by atoms with E-state index in [9.17, 15) is 4.79 Å². The van der Waals surface area contributed by atoms with E-state index in [0.29, 0.717) is 18.7 Å². The van der Waals surface area contributed by atoms with Gasteiger partial charge in [0, 0.05) is 13.1 Å². The number of hydrogen-bond acceptors (Lipinski definition) is 5. The number of morpholine rings is 1. The zero-order valence-electron chi connectivity index (χ0n) is 12.6. The Balaban J connectivity index is 1.52. The molecule has 3 heterocycles. The number of nitrogens with zero attached hydrogens (tertiary/aromatic N) is 1. The Bertz CT molecular complexity index is 626. The molecule has 1 N–H and O–H groups in total. The minimum absolute atomic E-state index is 0.161. The van der Waals surface area contributed by atoms with Crippen molar-refractivity contribution in [3.63, 3.8) is 0 Å². The maximum Gasteiger partial charge on any atom is 0.254 e. The van der Waals surface area contributed by atoms with Crippen molar-refractivity contribution in [2.75, 3.05) is 26.3 Å². The van der Waals surface area contributed by atoms with E-state index in [4.69, 9.17) is 13.6 Å². The maximum atomic E-state index is 12.1. The molecule has 118 valence electrons. The topological polar surface area (TPSA) is 67.9 Å². The molecule has 6 heteroatoms. The average molecular weight is 304 g/mol. The van der Waals surface area contributed by atoms with Crippen molar-refractivity contribution in [1.82, 2.24) is 10.2 Å². The van der Waals surface area contributed by atoms with E-state index >= 15 is 0 Å². The molecule has 3 rings (SSSR count). The number of furan rings is 2. The van der Waals surface area contributed by atoms with Crippen LogP contribution in [0.2, 0.25) is 0 Å². The first-order valence-corrected chi connectivity index (χ1v) is 7.42. The zero-order valence-corrected chi connectivity index (χ0v) is 12.6. The van der Waals surface area contributed by atoms with E-state index in [1.54, 1.807) is 6.07 Å². The third kappa shape index (κ3) is 3.78. The van der Waals surface area contributed by atoms with Crippen LogP contribution in [-0.4, -0.2) is 37.1 Å². The standard InChI is InChI=1S/C16H20N2O4/c1-12-2-3-14(22-12)9-17-16(19)13-8-15(21-11-13)10-18-4-6-20-7-5-18/h2-3,8,11H,4-7,9-10H2,1H3,(H,17,19). The van der Waals surface area contributed by atoms with E-state index in [1.807, 2.05) is 19.1 Å². The third-order valence-corrected chi connectivity index (χ3v) is 3.62. The van der Waals surface area contributed by atoms with Crippen LogP contribution >= 0.6 is 0 Å². The molecule has 0 atom stereocenters. The highest BCUT2D eigenvalue weighted by molar-refractivity contribution is 5.93. The van der Waals surface area contributed by atoms with E-state index in [2.05, 4.69) is 10.2 Å². The molecule has 0 radical (unpaired) electrons. The van der Waals surface area contributed by atoms with Crippen molar-refractivity contribution in [1.29, 1.82) is 0 Å². The van der Waals surface area contributed by atoms with Crippen LogP contribution in [0.4, 0.5) is 0 Å². The Kier molecular flexibility index (Phi) is 4.60. The summed E-state index contributed by atoms with van der Waals surface area (Å²) in [6, 6.07) is 5.52. The molecule has 2 aromatic rings. The van der Waals surface area contributed by atoms with E-state index in [-0.39, 0.29) is 5.91 Å². The van der Waals surface area contributed by atoms with Crippen molar-refractivity contribution >= 4 is 5.91 Å². The summed E-state index contributed by atoms with van der Waals surface area (Å²) in [5, 5.41) is 2.82. The molecule has 0 aromatic carbocycles. The van der Waals surface area contributed by atoms with E-state index < -0.39 is 0 Å². The van der Waals surface area contributed by atoms with Gasteiger partial charge in [0.15, 0.2) is 0 Å². The largest absolute Gasteiger partial charge is 0.467 e. The minimum atomic E-state index is -0.161. The lowest BCUT2D eigenvalue weighted by Crippen LogP contribution is -2.35. The highest BCUT2D eigenvalue weighted by atomic mass is 16.5. The monoisotopic (exact) mass is 304 g/mol. The Morgan fingerprint density at radius 1 is 1.27 bits per heavy atom. The molecule has 22 heavy (non-hydrogen) atoms. The van der Waals surface area contributed by atoms with Crippen LogP contribution in [0.3, 0.4) is 0 Å². The van der Waals surface area contributed by atoms with Gasteiger partial charge in [-0.1, -0.05) is 0 Å². The third-order valence-electron chi connectivity index (χ3n) is 3.62. The van der Waals surface area contributed by atoms with Gasteiger partial charge in [-0.15, -0.1) is 0 Å². The molecule has 0 bridgehead atoms. The number of carbonyl (C=O) groups is 1. The Morgan fingerprint density at radius 3 is 2.82 bits per heavy atom. The van der Waals surface area contributed by atoms with Crippen LogP contribution in [0.1, 0.15) is 27.6 Å². The molecule has 0 aliphatic carbocycles. The summed E-state index contributed by atoms with van der Waals surface area (Å²) in [4.78, 5) is 14.3. The summed E-state index contributed by atoms with van der Waals surface area (Å²) in [6.45, 7) is 6.22. The van der Waals surface area contributed by atoms with Crippen LogP contribution < -0.4 is 5.32 Å². The summed E-state index contributed by atoms with van der Waals surface area (Å²) in [6.07, 6.45) is 1.50. The fourth-order valence-electron chi connectivity index (χ4n) is 2.41. The molecular weight excluding hydrogens is 284 g/mol. The number of rotatable bonds is 5. The maximum absolute atomic E-state index is 12.1. The van der Waals surface area contributed by atoms with Crippen LogP contribution in [-0.2, 0) is 17.8 Å². The van der Waals surface area contributed by atoms with Gasteiger partial charge in [0.25, 0.3) is 5.91 Å². The van der Waals surface area contributed by atoms with Gasteiger partial charge in [-0.05, 0) is 25.1 Å². The molecule has 1 saturated heterocycles. The Morgan fingerprint density at radius 2 is 2.09 bits per heavy atom. The van der Waals surface area contributed by atoms with Crippen LogP contribution in [0, 0.1) is 6.92 Å². The molecule has 1 aliphatic rings. The quantitative estimate of drug-likeness (QED) is 0.914. The highest BCUT2D eigenvalue weighted by Crippen LogP contribution is 2.12. The average Bonchev–Trinajstić information content (AvgIpc) is 3.15. The number of ether oxygens (including phenoxy) is 1. The second kappa shape index (κ2) is 6.81. The lowest BCUT2D eigenvalue weighted by molar-refractivity contribution is 0.0313. The molecule has 0 spiro atoms. The van der Waals surface area contributed by atoms with Gasteiger partial charge >= 0.3 is 0 Å². The molecule has 6 nitrogen and oxygen atoms in total. The van der Waals surface area contributed by atoms with Gasteiger partial charge in [0.1, 0.15) is 23.5 Å². The van der Waals surface area contributed by atoms with Gasteiger partial charge in [-0.2, -0.15) is 0 Å². The van der Waals surface area contributed by atoms with Gasteiger partial charge in [0.05, 0.1) is 31.9 Å². The fourth-order valence-corrected chi connectivity index (χ4v) is 2.41. The molecule has 1 amide bonds. The first-order valence-electron chi connectivity index (χ1n) is 7.42. The second-order valence-electron chi connectivity index (χ2n) is 5.39. The van der Waals surface area contributed by atoms with Crippen molar-refractivity contribution in [3.8, 4) is 0 Å². The number of carbonyl (C=O) groups excluding carboxylic acids is 1. The number of aryl methyl sites for hydroxylation is 1. The summed E-state index contributed by atoms with van der Waals surface area (Å²) in [5.74, 6) is 2.20. The van der Waals surface area contributed by atoms with Crippen LogP contribution in [0.15, 0.2) is 33.3 Å². The molecule has 1 fully saturated rings. The number of amides is 1. The molecule has 2 aromatic heterocycles. The summed E-state index contributed by atoms with van der Waals surface area (Å²) in [5.41, 5.74) is 0.534. The number of hydrogen-bond donors (Lipinski definition) is 1. The molecule has 0 unspecified atom stereocenters. The highest BCUT2D eigenvalue weighted by Gasteiger charge is 2.15. The van der Waals surface area contributed by atoms with E-state index in [0.717, 1.165) is 43.6 Å². The second-order valence-corrected chi connectivity index (χ2v) is 5.39. The van der Waals surface area contributed by atoms with Gasteiger partial charge in [0.2, 0.25) is 0 Å². The normalized spacial score (nSPS) is 15.9. The fraction of sp³-hybridized carbons (Fsp3) is 0.438. The summed E-state index contributed by atoms with van der Waals surface area (Å²) < 4.78 is 16.2. The zero-order chi connectivity index (χ0) is 15.4. The van der Waals surface area contributed by atoms with Crippen molar-refractivity contribution < 1.29 is 18.4 Å². The predicted octanol–water partition coefficient (Wildman–Crippen LogP) is 1.94. The van der Waals surface area contributed by atoms with Crippen molar-refractivity contribution in [3.05, 3.63) is 47.3 Å². The smallest absolute Gasteiger partial charge is 0.254 e. The van der Waals surface area contributed by atoms with Crippen LogP contribution in [0.5, 0.6) is 0 Å². The van der Waals surface area contributed by atoms with Gasteiger partial charge < -0.3 is 18.9 Å². The van der Waals surface area contributed by atoms with Gasteiger partial charge in [-0.3, -0.25) is 9.69 Å². The Labute approximate surface area is 129 Å².